The Hall–Kier alpha value is -2.79. The van der Waals surface area contributed by atoms with Crippen molar-refractivity contribution >= 4 is 27.5 Å². The number of aromatic amines is 1. The van der Waals surface area contributed by atoms with Crippen molar-refractivity contribution in [1.82, 2.24) is 14.9 Å². The van der Waals surface area contributed by atoms with E-state index in [1.165, 1.54) is 6.08 Å². The van der Waals surface area contributed by atoms with E-state index >= 15 is 0 Å². The van der Waals surface area contributed by atoms with Crippen molar-refractivity contribution in [1.29, 1.82) is 0 Å². The number of fused-ring (bicyclic) bond motifs is 1. The highest BCUT2D eigenvalue weighted by molar-refractivity contribution is 7.20. The van der Waals surface area contributed by atoms with E-state index < -0.39 is 12.1 Å². The molecule has 9 nitrogen and oxygen atoms in total. The number of rotatable bonds is 11. The highest BCUT2D eigenvalue weighted by atomic mass is 32.1. The number of aromatic nitrogens is 2. The highest BCUT2D eigenvalue weighted by Crippen LogP contribution is 2.28. The van der Waals surface area contributed by atoms with Crippen LogP contribution in [0.2, 0.25) is 0 Å². The van der Waals surface area contributed by atoms with Crippen molar-refractivity contribution in [3.8, 4) is 0 Å². The van der Waals surface area contributed by atoms with E-state index in [9.17, 15) is 14.7 Å². The monoisotopic (exact) mass is 489 g/mol. The Morgan fingerprint density at radius 1 is 1.41 bits per heavy atom. The van der Waals surface area contributed by atoms with Gasteiger partial charge in [0, 0.05) is 6.54 Å². The molecule has 34 heavy (non-hydrogen) atoms. The van der Waals surface area contributed by atoms with E-state index in [1.807, 2.05) is 31.7 Å². The van der Waals surface area contributed by atoms with Crippen LogP contribution in [0.1, 0.15) is 47.6 Å². The molecule has 0 saturated carbocycles. The molecule has 2 N–H and O–H groups in total. The van der Waals surface area contributed by atoms with Crippen LogP contribution in [0.4, 0.5) is 0 Å². The average Bonchev–Trinajstić information content (AvgIpc) is 3.38. The summed E-state index contributed by atoms with van der Waals surface area (Å²) in [4.78, 5) is 35.3. The minimum atomic E-state index is -0.750. The van der Waals surface area contributed by atoms with Gasteiger partial charge >= 0.3 is 5.97 Å². The quantitative estimate of drug-likeness (QED) is 0.311. The third-order valence-corrected chi connectivity index (χ3v) is 6.04. The molecule has 0 aliphatic rings. The van der Waals surface area contributed by atoms with E-state index in [0.717, 1.165) is 11.3 Å². The van der Waals surface area contributed by atoms with Gasteiger partial charge in [-0.2, -0.15) is 0 Å². The number of nitrogens with zero attached hydrogens (tertiary/aromatic N) is 2. The first kappa shape index (κ1) is 25.8. The fourth-order valence-electron chi connectivity index (χ4n) is 3.37. The van der Waals surface area contributed by atoms with Crippen molar-refractivity contribution in [2.45, 2.75) is 52.5 Å². The van der Waals surface area contributed by atoms with Crippen LogP contribution < -0.4 is 5.56 Å². The maximum Gasteiger partial charge on any atom is 0.348 e. The number of aryl methyl sites for hydroxylation is 1. The Labute approximate surface area is 202 Å². The maximum absolute atomic E-state index is 12.8. The molecular formula is C24H31N3O6S. The number of esters is 1. The lowest BCUT2D eigenvalue weighted by Gasteiger charge is -2.26. The third-order valence-electron chi connectivity index (χ3n) is 4.88. The summed E-state index contributed by atoms with van der Waals surface area (Å²) in [5.74, 6) is 0.620. The van der Waals surface area contributed by atoms with Crippen LogP contribution in [0.25, 0.3) is 10.2 Å². The SMILES string of the molecule is C=CCOC(=O)c1sc2nc(CN(Cc3ccco3)CC(O)COC(C)(C)C)[nH]c(=O)c2c1C. The molecule has 0 saturated heterocycles. The molecule has 0 aliphatic heterocycles. The largest absolute Gasteiger partial charge is 0.468 e. The summed E-state index contributed by atoms with van der Waals surface area (Å²) in [5.41, 5.74) is -0.158. The topological polar surface area (TPSA) is 118 Å². The van der Waals surface area contributed by atoms with Crippen LogP contribution in [-0.4, -0.2) is 57.4 Å². The third kappa shape index (κ3) is 6.86. The standard InChI is InChI=1S/C24H31N3O6S/c1-6-9-32-23(30)20-15(2)19-21(29)25-18(26-22(19)34-20)13-27(12-17-8-7-10-31-17)11-16(28)14-33-24(3,4)5/h6-8,10,16,28H,1,9,11-14H2,2-5H3,(H,25,26,29). The second kappa shape index (κ2) is 11.1. The Bertz CT molecular complexity index is 1180. The van der Waals surface area contributed by atoms with Crippen LogP contribution in [0.3, 0.4) is 0 Å². The second-order valence-corrected chi connectivity index (χ2v) is 9.96. The van der Waals surface area contributed by atoms with E-state index in [-0.39, 0.29) is 37.5 Å². The summed E-state index contributed by atoms with van der Waals surface area (Å²) in [6.45, 7) is 12.2. The van der Waals surface area contributed by atoms with Gasteiger partial charge < -0.3 is 24.0 Å². The number of nitrogens with one attached hydrogen (secondary N) is 1. The summed E-state index contributed by atoms with van der Waals surface area (Å²) in [7, 11) is 0. The fourth-order valence-corrected chi connectivity index (χ4v) is 4.47. The molecule has 0 aliphatic carbocycles. The van der Waals surface area contributed by atoms with Crippen molar-refractivity contribution in [3.63, 3.8) is 0 Å². The molecule has 3 rings (SSSR count). The van der Waals surface area contributed by atoms with Gasteiger partial charge in [-0.1, -0.05) is 12.7 Å². The smallest absolute Gasteiger partial charge is 0.348 e. The van der Waals surface area contributed by atoms with Gasteiger partial charge in [-0.05, 0) is 45.4 Å². The molecule has 3 aromatic heterocycles. The molecule has 0 spiro atoms. The van der Waals surface area contributed by atoms with Gasteiger partial charge in [0.15, 0.2) is 0 Å². The van der Waals surface area contributed by atoms with E-state index in [1.54, 1.807) is 19.3 Å². The molecule has 0 bridgehead atoms. The van der Waals surface area contributed by atoms with E-state index in [0.29, 0.717) is 38.8 Å². The van der Waals surface area contributed by atoms with Gasteiger partial charge in [0.05, 0.1) is 43.1 Å². The van der Waals surface area contributed by atoms with Crippen LogP contribution in [0.5, 0.6) is 0 Å². The van der Waals surface area contributed by atoms with Crippen LogP contribution in [-0.2, 0) is 22.6 Å². The number of aliphatic hydroxyl groups is 1. The van der Waals surface area contributed by atoms with Crippen LogP contribution >= 0.6 is 11.3 Å². The Kier molecular flexibility index (Phi) is 8.42. The first-order valence-electron chi connectivity index (χ1n) is 10.9. The zero-order valence-electron chi connectivity index (χ0n) is 19.9. The van der Waals surface area contributed by atoms with Gasteiger partial charge in [-0.3, -0.25) is 9.69 Å². The van der Waals surface area contributed by atoms with Gasteiger partial charge in [0.1, 0.15) is 27.9 Å². The van der Waals surface area contributed by atoms with E-state index in [4.69, 9.17) is 13.9 Å². The average molecular weight is 490 g/mol. The predicted molar refractivity (Wildman–Crippen MR) is 130 cm³/mol. The first-order chi connectivity index (χ1) is 16.1. The zero-order valence-corrected chi connectivity index (χ0v) is 20.7. The lowest BCUT2D eigenvalue weighted by molar-refractivity contribution is -0.0577. The summed E-state index contributed by atoms with van der Waals surface area (Å²) >= 11 is 1.12. The number of furan rings is 1. The minimum Gasteiger partial charge on any atom is -0.468 e. The molecule has 3 heterocycles. The van der Waals surface area contributed by atoms with Crippen LogP contribution in [0.15, 0.2) is 40.3 Å². The van der Waals surface area contributed by atoms with Crippen LogP contribution in [0, 0.1) is 6.92 Å². The lowest BCUT2D eigenvalue weighted by Crippen LogP contribution is -2.37. The first-order valence-corrected chi connectivity index (χ1v) is 11.8. The molecule has 0 radical (unpaired) electrons. The number of hydrogen-bond donors (Lipinski definition) is 2. The number of carbonyl (C=O) groups is 1. The molecular weight excluding hydrogens is 458 g/mol. The summed E-state index contributed by atoms with van der Waals surface area (Å²) in [6.07, 6.45) is 2.32. The van der Waals surface area contributed by atoms with Gasteiger partial charge in [0.2, 0.25) is 0 Å². The summed E-state index contributed by atoms with van der Waals surface area (Å²) in [6, 6.07) is 3.63. The molecule has 0 aromatic carbocycles. The highest BCUT2D eigenvalue weighted by Gasteiger charge is 2.22. The Balaban J connectivity index is 1.83. The number of carbonyl (C=O) groups excluding carboxylic acids is 1. The lowest BCUT2D eigenvalue weighted by atomic mass is 10.2. The van der Waals surface area contributed by atoms with Gasteiger partial charge in [0.25, 0.3) is 5.56 Å². The van der Waals surface area contributed by atoms with Gasteiger partial charge in [-0.25, -0.2) is 9.78 Å². The fraction of sp³-hybridized carbons (Fsp3) is 0.458. The molecule has 1 atom stereocenters. The zero-order chi connectivity index (χ0) is 24.9. The number of thiophene rings is 1. The van der Waals surface area contributed by atoms with Crippen molar-refractivity contribution in [3.05, 3.63) is 63.4 Å². The molecule has 1 unspecified atom stereocenters. The Morgan fingerprint density at radius 2 is 2.18 bits per heavy atom. The molecule has 10 heteroatoms. The van der Waals surface area contributed by atoms with E-state index in [2.05, 4.69) is 16.5 Å². The normalized spacial score (nSPS) is 12.9. The van der Waals surface area contributed by atoms with Crippen molar-refractivity contribution in [2.24, 2.45) is 0 Å². The predicted octanol–water partition coefficient (Wildman–Crippen LogP) is 3.41. The van der Waals surface area contributed by atoms with Crippen molar-refractivity contribution in [2.75, 3.05) is 19.8 Å². The Morgan fingerprint density at radius 3 is 2.82 bits per heavy atom. The maximum atomic E-state index is 12.8. The minimum absolute atomic E-state index is 0.0878. The van der Waals surface area contributed by atoms with Crippen molar-refractivity contribution < 1.29 is 23.8 Å². The number of aliphatic hydroxyl groups excluding tert-OH is 1. The number of H-pyrrole nitrogens is 1. The molecule has 184 valence electrons. The second-order valence-electron chi connectivity index (χ2n) is 8.96. The summed E-state index contributed by atoms with van der Waals surface area (Å²) < 4.78 is 16.3. The molecule has 0 fully saturated rings. The number of hydrogen-bond acceptors (Lipinski definition) is 9. The molecule has 0 amide bonds. The summed E-state index contributed by atoms with van der Waals surface area (Å²) in [5, 5.41) is 10.9. The van der Waals surface area contributed by atoms with Gasteiger partial charge in [-0.15, -0.1) is 11.3 Å². The number of ether oxygens (including phenoxy) is 2. The molecule has 3 aromatic rings.